The normalized spacial score (nSPS) is 15.9. The molecule has 1 aliphatic rings. The van der Waals surface area contributed by atoms with Gasteiger partial charge in [-0.2, -0.15) is 4.31 Å². The molecule has 25 heavy (non-hydrogen) atoms. The van der Waals surface area contributed by atoms with Crippen molar-refractivity contribution in [3.05, 3.63) is 29.8 Å². The molecule has 0 unspecified atom stereocenters. The number of sulfonamides is 1. The second-order valence-electron chi connectivity index (χ2n) is 7.64. The van der Waals surface area contributed by atoms with Gasteiger partial charge in [0.1, 0.15) is 0 Å². The van der Waals surface area contributed by atoms with Gasteiger partial charge >= 0.3 is 0 Å². The molecule has 6 heteroatoms. The number of hydrogen-bond acceptors (Lipinski definition) is 3. The lowest BCUT2D eigenvalue weighted by atomic mass is 10.1. The summed E-state index contributed by atoms with van der Waals surface area (Å²) in [5.41, 5.74) is 0.446. The van der Waals surface area contributed by atoms with E-state index in [-0.39, 0.29) is 10.8 Å². The molecule has 2 rings (SSSR count). The van der Waals surface area contributed by atoms with E-state index in [2.05, 4.69) is 27.7 Å². The lowest BCUT2D eigenvalue weighted by Gasteiger charge is -2.26. The molecule has 140 valence electrons. The first-order valence-corrected chi connectivity index (χ1v) is 10.6. The van der Waals surface area contributed by atoms with Crippen LogP contribution in [0.5, 0.6) is 0 Å². The van der Waals surface area contributed by atoms with Crippen LogP contribution < -0.4 is 0 Å². The van der Waals surface area contributed by atoms with Crippen molar-refractivity contribution in [3.8, 4) is 0 Å². The Morgan fingerprint density at radius 3 is 2.16 bits per heavy atom. The van der Waals surface area contributed by atoms with Crippen LogP contribution in [0.1, 0.15) is 50.9 Å². The Bertz CT molecular complexity index is 682. The van der Waals surface area contributed by atoms with Crippen LogP contribution in [-0.4, -0.2) is 49.7 Å². The van der Waals surface area contributed by atoms with Crippen molar-refractivity contribution in [2.45, 2.75) is 45.4 Å². The van der Waals surface area contributed by atoms with Gasteiger partial charge in [0.2, 0.25) is 10.0 Å². The van der Waals surface area contributed by atoms with Gasteiger partial charge in [0.05, 0.1) is 4.90 Å². The summed E-state index contributed by atoms with van der Waals surface area (Å²) >= 11 is 0. The standard InChI is InChI=1S/C19H30N2O3S/c1-15(2)13-20(14-16(3)4)19(22)17-8-7-9-18(12-17)25(23,24)21-10-5-6-11-21/h7-9,12,15-16H,5-6,10-11,13-14H2,1-4H3. The minimum atomic E-state index is -3.50. The van der Waals surface area contributed by atoms with E-state index in [0.29, 0.717) is 43.6 Å². The summed E-state index contributed by atoms with van der Waals surface area (Å²) in [7, 11) is -3.50. The van der Waals surface area contributed by atoms with E-state index in [9.17, 15) is 13.2 Å². The Morgan fingerprint density at radius 2 is 1.64 bits per heavy atom. The summed E-state index contributed by atoms with van der Waals surface area (Å²) in [5.74, 6) is 0.624. The Hall–Kier alpha value is -1.40. The van der Waals surface area contributed by atoms with Crippen LogP contribution in [0, 0.1) is 11.8 Å². The van der Waals surface area contributed by atoms with Crippen LogP contribution in [0.25, 0.3) is 0 Å². The van der Waals surface area contributed by atoms with Crippen molar-refractivity contribution >= 4 is 15.9 Å². The van der Waals surface area contributed by atoms with Crippen LogP contribution in [0.15, 0.2) is 29.2 Å². The minimum Gasteiger partial charge on any atom is -0.338 e. The molecule has 1 aromatic rings. The maximum atomic E-state index is 12.9. The molecule has 0 atom stereocenters. The maximum absolute atomic E-state index is 12.9. The number of carbonyl (C=O) groups is 1. The molecule has 0 N–H and O–H groups in total. The molecule has 5 nitrogen and oxygen atoms in total. The quantitative estimate of drug-likeness (QED) is 0.744. The molecule has 1 saturated heterocycles. The molecule has 1 amide bonds. The van der Waals surface area contributed by atoms with Crippen LogP contribution >= 0.6 is 0 Å². The molecule has 0 aromatic heterocycles. The van der Waals surface area contributed by atoms with Gasteiger partial charge in [0.25, 0.3) is 5.91 Å². The third kappa shape index (κ3) is 5.05. The highest BCUT2D eigenvalue weighted by Crippen LogP contribution is 2.22. The molecular formula is C19H30N2O3S. The van der Waals surface area contributed by atoms with E-state index in [1.54, 1.807) is 18.2 Å². The van der Waals surface area contributed by atoms with E-state index < -0.39 is 10.0 Å². The first-order valence-electron chi connectivity index (χ1n) is 9.11. The summed E-state index contributed by atoms with van der Waals surface area (Å²) in [6.07, 6.45) is 1.79. The van der Waals surface area contributed by atoms with Gasteiger partial charge in [-0.05, 0) is 42.9 Å². The van der Waals surface area contributed by atoms with E-state index in [1.807, 2.05) is 4.90 Å². The summed E-state index contributed by atoms with van der Waals surface area (Å²) in [4.78, 5) is 15.0. The number of rotatable bonds is 7. The number of carbonyl (C=O) groups excluding carboxylic acids is 1. The SMILES string of the molecule is CC(C)CN(CC(C)C)C(=O)c1cccc(S(=O)(=O)N2CCCC2)c1. The molecule has 0 aliphatic carbocycles. The fourth-order valence-corrected chi connectivity index (χ4v) is 4.74. The summed E-state index contributed by atoms with van der Waals surface area (Å²) in [5, 5.41) is 0. The average Bonchev–Trinajstić information content (AvgIpc) is 3.08. The number of hydrogen-bond donors (Lipinski definition) is 0. The van der Waals surface area contributed by atoms with Crippen LogP contribution in [0.2, 0.25) is 0 Å². The lowest BCUT2D eigenvalue weighted by Crippen LogP contribution is -2.37. The zero-order valence-electron chi connectivity index (χ0n) is 15.7. The highest BCUT2D eigenvalue weighted by atomic mass is 32.2. The minimum absolute atomic E-state index is 0.0964. The molecule has 0 saturated carbocycles. The number of benzene rings is 1. The fraction of sp³-hybridized carbons (Fsp3) is 0.632. The Balaban J connectivity index is 2.28. The predicted octanol–water partition coefficient (Wildman–Crippen LogP) is 3.23. The van der Waals surface area contributed by atoms with Crippen LogP contribution in [0.4, 0.5) is 0 Å². The second-order valence-corrected chi connectivity index (χ2v) is 9.57. The van der Waals surface area contributed by atoms with Crippen molar-refractivity contribution in [1.82, 2.24) is 9.21 Å². The van der Waals surface area contributed by atoms with Crippen molar-refractivity contribution in [1.29, 1.82) is 0 Å². The monoisotopic (exact) mass is 366 g/mol. The van der Waals surface area contributed by atoms with E-state index in [1.165, 1.54) is 10.4 Å². The third-order valence-electron chi connectivity index (χ3n) is 4.24. The van der Waals surface area contributed by atoms with Crippen molar-refractivity contribution in [2.24, 2.45) is 11.8 Å². The highest BCUT2D eigenvalue weighted by molar-refractivity contribution is 7.89. The molecule has 1 aromatic carbocycles. The summed E-state index contributed by atoms with van der Waals surface area (Å²) in [6.45, 7) is 10.8. The van der Waals surface area contributed by atoms with E-state index in [4.69, 9.17) is 0 Å². The second kappa shape index (κ2) is 8.32. The molecular weight excluding hydrogens is 336 g/mol. The lowest BCUT2D eigenvalue weighted by molar-refractivity contribution is 0.0715. The van der Waals surface area contributed by atoms with Gasteiger partial charge in [0.15, 0.2) is 0 Å². The van der Waals surface area contributed by atoms with Crippen LogP contribution in [0.3, 0.4) is 0 Å². The summed E-state index contributed by atoms with van der Waals surface area (Å²) < 4.78 is 27.0. The molecule has 0 bridgehead atoms. The third-order valence-corrected chi connectivity index (χ3v) is 6.14. The molecule has 1 aliphatic heterocycles. The Morgan fingerprint density at radius 1 is 1.08 bits per heavy atom. The van der Waals surface area contributed by atoms with E-state index in [0.717, 1.165) is 12.8 Å². The average molecular weight is 367 g/mol. The first kappa shape index (κ1) is 19.9. The van der Waals surface area contributed by atoms with Gasteiger partial charge in [-0.3, -0.25) is 4.79 Å². The zero-order valence-corrected chi connectivity index (χ0v) is 16.6. The van der Waals surface area contributed by atoms with E-state index >= 15 is 0 Å². The number of amides is 1. The van der Waals surface area contributed by atoms with Crippen molar-refractivity contribution < 1.29 is 13.2 Å². The Labute approximate surface area is 152 Å². The largest absolute Gasteiger partial charge is 0.338 e. The topological polar surface area (TPSA) is 57.7 Å². The van der Waals surface area contributed by atoms with Gasteiger partial charge in [-0.1, -0.05) is 33.8 Å². The Kier molecular flexibility index (Phi) is 6.63. The van der Waals surface area contributed by atoms with Crippen molar-refractivity contribution in [2.75, 3.05) is 26.2 Å². The predicted molar refractivity (Wildman–Crippen MR) is 100 cm³/mol. The van der Waals surface area contributed by atoms with Gasteiger partial charge in [0, 0.05) is 31.7 Å². The molecule has 0 spiro atoms. The van der Waals surface area contributed by atoms with Crippen LogP contribution in [-0.2, 0) is 10.0 Å². The zero-order chi connectivity index (χ0) is 18.6. The van der Waals surface area contributed by atoms with Gasteiger partial charge in [-0.15, -0.1) is 0 Å². The molecule has 0 radical (unpaired) electrons. The van der Waals surface area contributed by atoms with Gasteiger partial charge < -0.3 is 4.90 Å². The fourth-order valence-electron chi connectivity index (χ4n) is 3.17. The summed E-state index contributed by atoms with van der Waals surface area (Å²) in [6, 6.07) is 6.49. The highest BCUT2D eigenvalue weighted by Gasteiger charge is 2.28. The van der Waals surface area contributed by atoms with Crippen molar-refractivity contribution in [3.63, 3.8) is 0 Å². The van der Waals surface area contributed by atoms with Gasteiger partial charge in [-0.25, -0.2) is 8.42 Å². The first-order chi connectivity index (χ1) is 11.7. The molecule has 1 heterocycles. The maximum Gasteiger partial charge on any atom is 0.253 e. The molecule has 1 fully saturated rings. The smallest absolute Gasteiger partial charge is 0.253 e. The number of nitrogens with zero attached hydrogens (tertiary/aromatic N) is 2.